The van der Waals surface area contributed by atoms with Crippen molar-refractivity contribution in [3.63, 3.8) is 0 Å². The molecule has 0 radical (unpaired) electrons. The zero-order valence-electron chi connectivity index (χ0n) is 11.2. The summed E-state index contributed by atoms with van der Waals surface area (Å²) in [5, 5.41) is 0. The molecule has 0 aromatic carbocycles. The number of H-pyrrole nitrogens is 1. The van der Waals surface area contributed by atoms with E-state index in [2.05, 4.69) is 37.7 Å². The zero-order valence-corrected chi connectivity index (χ0v) is 11.2. The lowest BCUT2D eigenvalue weighted by molar-refractivity contribution is 0.541. The highest BCUT2D eigenvalue weighted by Gasteiger charge is 2.21. The molecular formula is C14H26N2. The van der Waals surface area contributed by atoms with Gasteiger partial charge in [-0.25, -0.2) is 4.98 Å². The Balaban J connectivity index is 0.000000165. The van der Waals surface area contributed by atoms with Crippen LogP contribution in [0.5, 0.6) is 0 Å². The van der Waals surface area contributed by atoms with Gasteiger partial charge in [0.15, 0.2) is 0 Å². The minimum atomic E-state index is 0.713. The summed E-state index contributed by atoms with van der Waals surface area (Å²) in [4.78, 5) is 6.98. The van der Waals surface area contributed by atoms with Gasteiger partial charge in [0.2, 0.25) is 0 Å². The van der Waals surface area contributed by atoms with Crippen LogP contribution in [0.3, 0.4) is 0 Å². The van der Waals surface area contributed by atoms with Gasteiger partial charge >= 0.3 is 0 Å². The minimum Gasteiger partial charge on any atom is -0.348 e. The number of aromatic amines is 1. The summed E-state index contributed by atoms with van der Waals surface area (Å²) in [6.07, 6.45) is 9.19. The number of hydrogen-bond acceptors (Lipinski definition) is 1. The largest absolute Gasteiger partial charge is 0.348 e. The van der Waals surface area contributed by atoms with Crippen LogP contribution in [-0.4, -0.2) is 9.97 Å². The molecule has 1 aromatic rings. The Hall–Kier alpha value is -0.790. The van der Waals surface area contributed by atoms with Crippen LogP contribution in [0.4, 0.5) is 0 Å². The van der Waals surface area contributed by atoms with Gasteiger partial charge in [-0.3, -0.25) is 0 Å². The Labute approximate surface area is 99.9 Å². The van der Waals surface area contributed by atoms with Crippen LogP contribution in [0.1, 0.15) is 52.7 Å². The molecule has 92 valence electrons. The lowest BCUT2D eigenvalue weighted by Gasteiger charge is -1.98. The Bertz CT molecular complexity index is 258. The van der Waals surface area contributed by atoms with Gasteiger partial charge in [0.1, 0.15) is 0 Å². The molecule has 0 saturated heterocycles. The number of imidazole rings is 1. The molecule has 0 aliphatic heterocycles. The summed E-state index contributed by atoms with van der Waals surface area (Å²) >= 11 is 0. The predicted octanol–water partition coefficient (Wildman–Crippen LogP) is 4.05. The van der Waals surface area contributed by atoms with Crippen molar-refractivity contribution < 1.29 is 0 Å². The van der Waals surface area contributed by atoms with E-state index in [9.17, 15) is 0 Å². The Morgan fingerprint density at radius 1 is 1.25 bits per heavy atom. The van der Waals surface area contributed by atoms with Gasteiger partial charge in [0.25, 0.3) is 0 Å². The van der Waals surface area contributed by atoms with Crippen LogP contribution < -0.4 is 0 Å². The first-order chi connectivity index (χ1) is 7.58. The van der Waals surface area contributed by atoms with E-state index in [0.717, 1.165) is 18.3 Å². The molecule has 0 amide bonds. The normalized spacial score (nSPS) is 15.1. The van der Waals surface area contributed by atoms with Gasteiger partial charge < -0.3 is 4.98 Å². The lowest BCUT2D eigenvalue weighted by atomic mass is 10.1. The quantitative estimate of drug-likeness (QED) is 0.818. The molecule has 1 aliphatic rings. The summed E-state index contributed by atoms with van der Waals surface area (Å²) in [6, 6.07) is 0. The molecule has 1 N–H and O–H groups in total. The van der Waals surface area contributed by atoms with E-state index in [1.54, 1.807) is 6.33 Å². The molecule has 0 bridgehead atoms. The van der Waals surface area contributed by atoms with Crippen molar-refractivity contribution in [3.8, 4) is 0 Å². The van der Waals surface area contributed by atoms with Gasteiger partial charge in [0, 0.05) is 11.9 Å². The topological polar surface area (TPSA) is 28.7 Å². The summed E-state index contributed by atoms with van der Waals surface area (Å²) in [5.41, 5.74) is 1.23. The summed E-state index contributed by atoms with van der Waals surface area (Å²) in [5.74, 6) is 2.78. The van der Waals surface area contributed by atoms with Gasteiger partial charge in [-0.05, 0) is 30.6 Å². The Morgan fingerprint density at radius 2 is 1.94 bits per heavy atom. The van der Waals surface area contributed by atoms with Crippen molar-refractivity contribution in [1.29, 1.82) is 0 Å². The SMILES string of the molecule is CC(C)CC1CC1.CC(C)Cc1cnc[nH]1. The molecule has 0 unspecified atom stereocenters. The van der Waals surface area contributed by atoms with Crippen LogP contribution in [0.15, 0.2) is 12.5 Å². The number of aromatic nitrogens is 2. The fraction of sp³-hybridized carbons (Fsp3) is 0.786. The lowest BCUT2D eigenvalue weighted by Crippen LogP contribution is -1.92. The number of hydrogen-bond donors (Lipinski definition) is 1. The maximum Gasteiger partial charge on any atom is 0.0921 e. The second-order valence-corrected chi connectivity index (χ2v) is 5.75. The van der Waals surface area contributed by atoms with Gasteiger partial charge in [-0.2, -0.15) is 0 Å². The van der Waals surface area contributed by atoms with Crippen LogP contribution in [0.25, 0.3) is 0 Å². The third kappa shape index (κ3) is 6.65. The molecule has 16 heavy (non-hydrogen) atoms. The number of nitrogens with one attached hydrogen (secondary N) is 1. The Morgan fingerprint density at radius 3 is 2.25 bits per heavy atom. The van der Waals surface area contributed by atoms with Crippen LogP contribution in [-0.2, 0) is 6.42 Å². The van der Waals surface area contributed by atoms with E-state index in [-0.39, 0.29) is 0 Å². The third-order valence-corrected chi connectivity index (χ3v) is 2.68. The second-order valence-electron chi connectivity index (χ2n) is 5.75. The van der Waals surface area contributed by atoms with Crippen LogP contribution in [0.2, 0.25) is 0 Å². The van der Waals surface area contributed by atoms with E-state index < -0.39 is 0 Å². The van der Waals surface area contributed by atoms with Gasteiger partial charge in [-0.15, -0.1) is 0 Å². The molecule has 1 fully saturated rings. The molecule has 1 aromatic heterocycles. The standard InChI is InChI=1S/C7H12N2.C7H14/c1-6(2)3-7-4-8-5-9-7;1-6(2)5-7-3-4-7/h4-6H,3H2,1-2H3,(H,8,9);6-7H,3-5H2,1-2H3. The van der Waals surface area contributed by atoms with Crippen LogP contribution >= 0.6 is 0 Å². The average Bonchev–Trinajstić information content (AvgIpc) is 2.80. The molecule has 2 rings (SSSR count). The molecule has 0 spiro atoms. The summed E-state index contributed by atoms with van der Waals surface area (Å²) in [7, 11) is 0. The molecule has 2 nitrogen and oxygen atoms in total. The molecule has 1 saturated carbocycles. The first-order valence-electron chi connectivity index (χ1n) is 6.55. The first-order valence-corrected chi connectivity index (χ1v) is 6.55. The monoisotopic (exact) mass is 222 g/mol. The molecule has 0 atom stereocenters. The molecular weight excluding hydrogens is 196 g/mol. The average molecular weight is 222 g/mol. The smallest absolute Gasteiger partial charge is 0.0921 e. The highest BCUT2D eigenvalue weighted by atomic mass is 14.9. The third-order valence-electron chi connectivity index (χ3n) is 2.68. The van der Waals surface area contributed by atoms with Crippen molar-refractivity contribution in [3.05, 3.63) is 18.2 Å². The maximum atomic E-state index is 3.92. The minimum absolute atomic E-state index is 0.713. The van der Waals surface area contributed by atoms with Crippen LogP contribution in [0, 0.1) is 17.8 Å². The Kier molecular flexibility index (Phi) is 5.58. The van der Waals surface area contributed by atoms with E-state index in [1.165, 1.54) is 25.0 Å². The van der Waals surface area contributed by atoms with Crippen molar-refractivity contribution >= 4 is 0 Å². The highest BCUT2D eigenvalue weighted by Crippen LogP contribution is 2.34. The highest BCUT2D eigenvalue weighted by molar-refractivity contribution is 4.94. The summed E-state index contributed by atoms with van der Waals surface area (Å²) < 4.78 is 0. The van der Waals surface area contributed by atoms with Crippen molar-refractivity contribution in [2.45, 2.75) is 53.4 Å². The molecule has 1 heterocycles. The summed E-state index contributed by atoms with van der Waals surface area (Å²) in [6.45, 7) is 9.00. The molecule has 1 aliphatic carbocycles. The fourth-order valence-corrected chi connectivity index (χ4v) is 1.86. The van der Waals surface area contributed by atoms with E-state index in [0.29, 0.717) is 5.92 Å². The fourth-order valence-electron chi connectivity index (χ4n) is 1.86. The van der Waals surface area contributed by atoms with E-state index in [4.69, 9.17) is 0 Å². The second kappa shape index (κ2) is 6.72. The number of nitrogens with zero attached hydrogens (tertiary/aromatic N) is 1. The van der Waals surface area contributed by atoms with Gasteiger partial charge in [-0.1, -0.05) is 40.5 Å². The van der Waals surface area contributed by atoms with Crippen molar-refractivity contribution in [2.75, 3.05) is 0 Å². The van der Waals surface area contributed by atoms with Gasteiger partial charge in [0.05, 0.1) is 6.33 Å². The molecule has 2 heteroatoms. The van der Waals surface area contributed by atoms with Crippen molar-refractivity contribution in [1.82, 2.24) is 9.97 Å². The first kappa shape index (κ1) is 13.3. The van der Waals surface area contributed by atoms with E-state index in [1.807, 2.05) is 6.20 Å². The van der Waals surface area contributed by atoms with E-state index >= 15 is 0 Å². The maximum absolute atomic E-state index is 3.92. The zero-order chi connectivity index (χ0) is 12.0. The van der Waals surface area contributed by atoms with Crippen molar-refractivity contribution in [2.24, 2.45) is 17.8 Å². The number of rotatable bonds is 4. The predicted molar refractivity (Wildman–Crippen MR) is 69.3 cm³/mol.